The van der Waals surface area contributed by atoms with Gasteiger partial charge in [-0.2, -0.15) is 0 Å². The Labute approximate surface area is 44.7 Å². The van der Waals surface area contributed by atoms with E-state index < -0.39 is 8.26 Å². The van der Waals surface area contributed by atoms with Crippen LogP contribution in [0, 0.1) is 0 Å². The quantitative estimate of drug-likeness (QED) is 0.487. The second-order valence-corrected chi connectivity index (χ2v) is 4.50. The van der Waals surface area contributed by atoms with Crippen LogP contribution in [0.4, 0.5) is 0 Å². The van der Waals surface area contributed by atoms with Gasteiger partial charge in [-0.1, -0.05) is 0 Å². The maximum absolute atomic E-state index is 9.89. The van der Waals surface area contributed by atoms with E-state index in [2.05, 4.69) is 14.9 Å². The Kier molecular flexibility index (Phi) is 2.11. The van der Waals surface area contributed by atoms with Crippen molar-refractivity contribution in [3.8, 4) is 0 Å². The molecule has 0 spiro atoms. The Balaban J connectivity index is 3.85. The topological polar surface area (TPSA) is 34.1 Å². The summed E-state index contributed by atoms with van der Waals surface area (Å²) in [5.41, 5.74) is 0. The van der Waals surface area contributed by atoms with Gasteiger partial charge in [-0.15, -0.1) is 0 Å². The summed E-state index contributed by atoms with van der Waals surface area (Å²) in [5.74, 6) is 0.132. The second-order valence-electron chi connectivity index (χ2n) is 0.812. The monoisotopic (exact) mass is 149 g/mol. The fraction of sp³-hybridized carbons (Fsp3) is 1.00. The van der Waals surface area contributed by atoms with Gasteiger partial charge in [0.2, 0.25) is 0 Å². The molecule has 0 aromatic carbocycles. The van der Waals surface area contributed by atoms with Crippen LogP contribution in [-0.2, 0) is 23.1 Å². The molecule has 0 atom stereocenters. The SMILES string of the molecule is CC[S](=O)(=O)[Fe]. The van der Waals surface area contributed by atoms with E-state index in [9.17, 15) is 8.42 Å². The van der Waals surface area contributed by atoms with Crippen LogP contribution < -0.4 is 0 Å². The summed E-state index contributed by atoms with van der Waals surface area (Å²) >= 11 is 2.86. The Morgan fingerprint density at radius 3 is 1.83 bits per heavy atom. The van der Waals surface area contributed by atoms with Crippen molar-refractivity contribution >= 4 is 8.26 Å². The normalized spacial score (nSPS) is 11.7. The van der Waals surface area contributed by atoms with Gasteiger partial charge in [0.25, 0.3) is 0 Å². The third kappa shape index (κ3) is 4.47. The molecule has 39 valence electrons. The van der Waals surface area contributed by atoms with Crippen molar-refractivity contribution in [2.45, 2.75) is 6.92 Å². The zero-order valence-corrected chi connectivity index (χ0v) is 5.21. The van der Waals surface area contributed by atoms with E-state index >= 15 is 0 Å². The minimum absolute atomic E-state index is 0.132. The van der Waals surface area contributed by atoms with E-state index in [1.165, 1.54) is 0 Å². The predicted octanol–water partition coefficient (Wildman–Crippen LogP) is -0.117. The number of hydrogen-bond donors (Lipinski definition) is 0. The fourth-order valence-corrected chi connectivity index (χ4v) is 0. The molecule has 0 rings (SSSR count). The Morgan fingerprint density at radius 2 is 1.83 bits per heavy atom. The molecule has 6 heavy (non-hydrogen) atoms. The summed E-state index contributed by atoms with van der Waals surface area (Å²) in [7, 11) is -2.91. The van der Waals surface area contributed by atoms with Crippen molar-refractivity contribution in [1.82, 2.24) is 0 Å². The van der Waals surface area contributed by atoms with E-state index in [0.29, 0.717) is 0 Å². The molecular weight excluding hydrogens is 144 g/mol. The molecule has 0 aliphatic rings. The van der Waals surface area contributed by atoms with Crippen molar-refractivity contribution in [2.24, 2.45) is 0 Å². The molecule has 0 bridgehead atoms. The molecule has 0 unspecified atom stereocenters. The van der Waals surface area contributed by atoms with Crippen LogP contribution in [0.25, 0.3) is 0 Å². The molecule has 0 saturated carbocycles. The molecule has 0 saturated heterocycles. The first kappa shape index (κ1) is 6.47. The van der Waals surface area contributed by atoms with Crippen LogP contribution in [0.3, 0.4) is 0 Å². The molecule has 0 aromatic heterocycles. The van der Waals surface area contributed by atoms with Crippen molar-refractivity contribution < 1.29 is 23.3 Å². The van der Waals surface area contributed by atoms with Crippen molar-refractivity contribution in [3.05, 3.63) is 0 Å². The van der Waals surface area contributed by atoms with Gasteiger partial charge in [0.15, 0.2) is 0 Å². The third-order valence-electron chi connectivity index (χ3n) is 0.338. The summed E-state index contributed by atoms with van der Waals surface area (Å²) < 4.78 is 19.8. The van der Waals surface area contributed by atoms with Crippen LogP contribution in [0.2, 0.25) is 0 Å². The molecule has 2 nitrogen and oxygen atoms in total. The Hall–Kier alpha value is 0.469. The van der Waals surface area contributed by atoms with Gasteiger partial charge in [0, 0.05) is 0 Å². The molecule has 0 amide bonds. The summed E-state index contributed by atoms with van der Waals surface area (Å²) in [4.78, 5) is 0. The predicted molar refractivity (Wildman–Crippen MR) is 19.5 cm³/mol. The Bertz CT molecular complexity index is 114. The first-order valence-corrected chi connectivity index (χ1v) is 4.36. The zero-order valence-electron chi connectivity index (χ0n) is 3.29. The van der Waals surface area contributed by atoms with Gasteiger partial charge in [-0.3, -0.25) is 0 Å². The molecule has 0 aliphatic heterocycles. The fourth-order valence-electron chi connectivity index (χ4n) is 0. The maximum atomic E-state index is 9.89. The van der Waals surface area contributed by atoms with Gasteiger partial charge in [0.05, 0.1) is 0 Å². The summed E-state index contributed by atoms with van der Waals surface area (Å²) in [6, 6.07) is 0. The Morgan fingerprint density at radius 1 is 1.67 bits per heavy atom. The number of rotatable bonds is 1. The first-order chi connectivity index (χ1) is 2.56. The molecule has 0 heterocycles. The molecule has 0 N–H and O–H groups in total. The molecular formula is C2H5FeO2S. The van der Waals surface area contributed by atoms with Crippen LogP contribution in [0.1, 0.15) is 6.92 Å². The molecule has 0 fully saturated rings. The summed E-state index contributed by atoms with van der Waals surface area (Å²) in [6.45, 7) is 1.56. The minimum atomic E-state index is -2.91. The van der Waals surface area contributed by atoms with E-state index in [-0.39, 0.29) is 5.75 Å². The summed E-state index contributed by atoms with van der Waals surface area (Å²) in [5, 5.41) is 0. The van der Waals surface area contributed by atoms with Crippen molar-refractivity contribution in [3.63, 3.8) is 0 Å². The molecule has 4 heteroatoms. The standard InChI is InChI=1S/C2H5O2S.Fe/c1-2-5(3)4;/h2H2,1H3;. The van der Waals surface area contributed by atoms with Crippen LogP contribution in [-0.4, -0.2) is 14.2 Å². The van der Waals surface area contributed by atoms with Gasteiger partial charge in [-0.25, -0.2) is 0 Å². The second kappa shape index (κ2) is 1.96. The van der Waals surface area contributed by atoms with Crippen LogP contribution in [0.15, 0.2) is 0 Å². The summed E-state index contributed by atoms with van der Waals surface area (Å²) in [6.07, 6.45) is 0. The molecule has 0 aromatic rings. The average molecular weight is 149 g/mol. The van der Waals surface area contributed by atoms with Crippen LogP contribution in [0.5, 0.6) is 0 Å². The molecule has 0 aliphatic carbocycles. The van der Waals surface area contributed by atoms with Crippen LogP contribution >= 0.6 is 0 Å². The zero-order chi connectivity index (χ0) is 5.21. The van der Waals surface area contributed by atoms with Gasteiger partial charge < -0.3 is 0 Å². The molecule has 0 radical (unpaired) electrons. The van der Waals surface area contributed by atoms with E-state index in [1.54, 1.807) is 6.92 Å². The van der Waals surface area contributed by atoms with Gasteiger partial charge in [-0.05, 0) is 0 Å². The average Bonchev–Trinajstić information content (AvgIpc) is 1.35. The van der Waals surface area contributed by atoms with E-state index in [0.717, 1.165) is 0 Å². The third-order valence-corrected chi connectivity index (χ3v) is 1.97. The van der Waals surface area contributed by atoms with E-state index in [1.807, 2.05) is 0 Å². The van der Waals surface area contributed by atoms with Gasteiger partial charge in [0.1, 0.15) is 0 Å². The van der Waals surface area contributed by atoms with Gasteiger partial charge >= 0.3 is 44.2 Å². The van der Waals surface area contributed by atoms with E-state index in [4.69, 9.17) is 0 Å². The van der Waals surface area contributed by atoms with Crippen molar-refractivity contribution in [1.29, 1.82) is 0 Å². The first-order valence-electron chi connectivity index (χ1n) is 1.47. The van der Waals surface area contributed by atoms with Crippen molar-refractivity contribution in [2.75, 3.05) is 5.75 Å². The number of hydrogen-bond acceptors (Lipinski definition) is 2.